The van der Waals surface area contributed by atoms with Crippen LogP contribution in [0.4, 0.5) is 4.79 Å². The normalized spacial score (nSPS) is 21.2. The summed E-state index contributed by atoms with van der Waals surface area (Å²) in [5.74, 6) is -4.48. The zero-order valence-electron chi connectivity index (χ0n) is 16.1. The van der Waals surface area contributed by atoms with Crippen LogP contribution >= 0.6 is 0 Å². The minimum absolute atomic E-state index is 0.275. The molecule has 2 unspecified atom stereocenters. The maximum absolute atomic E-state index is 13.4. The maximum atomic E-state index is 13.4. The van der Waals surface area contributed by atoms with Crippen molar-refractivity contribution in [1.82, 2.24) is 25.6 Å². The maximum Gasteiger partial charge on any atom is 0.328 e. The fourth-order valence-electron chi connectivity index (χ4n) is 4.64. The molecule has 0 bridgehead atoms. The number of fused-ring (bicyclic) bond motifs is 1. The van der Waals surface area contributed by atoms with Gasteiger partial charge in [-0.1, -0.05) is 12.1 Å². The second-order valence-electron chi connectivity index (χ2n) is 7.38. The summed E-state index contributed by atoms with van der Waals surface area (Å²) in [6, 6.07) is 7.57. The van der Waals surface area contributed by atoms with Crippen LogP contribution in [-0.2, 0) is 9.59 Å². The number of aromatic amines is 2. The van der Waals surface area contributed by atoms with Crippen LogP contribution in [0.15, 0.2) is 58.4 Å². The van der Waals surface area contributed by atoms with E-state index in [9.17, 15) is 29.1 Å². The number of rotatable bonds is 2. The molecule has 0 aromatic carbocycles. The highest BCUT2D eigenvalue weighted by atomic mass is 16.3. The lowest BCUT2D eigenvalue weighted by atomic mass is 9.66. The summed E-state index contributed by atoms with van der Waals surface area (Å²) in [7, 11) is 0. The molecule has 12 nitrogen and oxygen atoms in total. The number of nitrogens with one attached hydrogen (secondary N) is 4. The van der Waals surface area contributed by atoms with Crippen molar-refractivity contribution in [1.29, 1.82) is 0 Å². The van der Waals surface area contributed by atoms with E-state index in [4.69, 9.17) is 0 Å². The molecule has 4 amide bonds. The van der Waals surface area contributed by atoms with E-state index in [1.807, 2.05) is 9.97 Å². The van der Waals surface area contributed by atoms with E-state index in [1.54, 1.807) is 47.2 Å². The quantitative estimate of drug-likeness (QED) is 0.263. The van der Waals surface area contributed by atoms with Crippen LogP contribution < -0.4 is 31.6 Å². The summed E-state index contributed by atoms with van der Waals surface area (Å²) in [5, 5.41) is 17.0. The molecule has 3 aromatic rings. The van der Waals surface area contributed by atoms with Crippen LogP contribution in [0, 0.1) is 5.41 Å². The minimum Gasteiger partial charge on any atom is -0.860 e. The zero-order valence-corrected chi connectivity index (χ0v) is 16.1. The molecule has 0 saturated carbocycles. The lowest BCUT2D eigenvalue weighted by Crippen LogP contribution is -2.67. The number of imide groups is 2. The Bertz CT molecular complexity index is 1390. The van der Waals surface area contributed by atoms with Crippen LogP contribution in [0.3, 0.4) is 0 Å². The Kier molecular flexibility index (Phi) is 4.05. The molecule has 0 radical (unpaired) electrons. The first kappa shape index (κ1) is 19.4. The summed E-state index contributed by atoms with van der Waals surface area (Å²) in [6.45, 7) is 0. The Labute approximate surface area is 178 Å². The number of H-pyrrole nitrogens is 2. The number of amides is 4. The van der Waals surface area contributed by atoms with Crippen LogP contribution in [0.1, 0.15) is 28.9 Å². The van der Waals surface area contributed by atoms with E-state index in [-0.39, 0.29) is 5.69 Å². The standard InChI is InChI=1S/C20H14N6O6/c27-14-11(15(28)23-18(31)22-14)12-10-6-2-4-8-26(10)13(9-5-1-3-7-21-9)20(12)16(29)24-19(32)25-17(20)30/h1-8,12-13H,(H4-,22,23,24,25,27,28,29,30,31,32). The number of hydrogen-bond donors (Lipinski definition) is 4. The SMILES string of the molecule is O=C1NC(=O)C2(C(=O)N1)C(c1c([O-])[nH]c(=O)[nH]c1=O)c1cccc[n+]1C2c1ccccn1. The topological polar surface area (TPSA) is 181 Å². The Morgan fingerprint density at radius 3 is 2.31 bits per heavy atom. The largest absolute Gasteiger partial charge is 0.860 e. The van der Waals surface area contributed by atoms with E-state index in [1.165, 1.54) is 6.20 Å². The highest BCUT2D eigenvalue weighted by Crippen LogP contribution is 2.53. The van der Waals surface area contributed by atoms with E-state index >= 15 is 0 Å². The van der Waals surface area contributed by atoms with Gasteiger partial charge in [0.2, 0.25) is 11.5 Å². The van der Waals surface area contributed by atoms with Gasteiger partial charge < -0.3 is 10.1 Å². The van der Waals surface area contributed by atoms with Gasteiger partial charge in [0.1, 0.15) is 11.6 Å². The molecule has 2 aliphatic rings. The van der Waals surface area contributed by atoms with Crippen molar-refractivity contribution in [2.75, 3.05) is 0 Å². The average molecular weight is 434 g/mol. The first-order valence-corrected chi connectivity index (χ1v) is 9.47. The van der Waals surface area contributed by atoms with Crippen molar-refractivity contribution >= 4 is 17.8 Å². The Hall–Kier alpha value is -4.61. The van der Waals surface area contributed by atoms with E-state index in [0.29, 0.717) is 5.69 Å². The molecule has 5 rings (SSSR count). The number of nitrogens with zero attached hydrogens (tertiary/aromatic N) is 2. The highest BCUT2D eigenvalue weighted by Gasteiger charge is 2.72. The van der Waals surface area contributed by atoms with Gasteiger partial charge >= 0.3 is 11.7 Å². The van der Waals surface area contributed by atoms with Gasteiger partial charge in [0, 0.05) is 23.9 Å². The summed E-state index contributed by atoms with van der Waals surface area (Å²) in [4.78, 5) is 71.4. The van der Waals surface area contributed by atoms with E-state index in [2.05, 4.69) is 15.6 Å². The average Bonchev–Trinajstić information content (AvgIpc) is 3.04. The van der Waals surface area contributed by atoms with Gasteiger partial charge in [0.05, 0.1) is 0 Å². The third-order valence-corrected chi connectivity index (χ3v) is 5.79. The van der Waals surface area contributed by atoms with Crippen molar-refractivity contribution in [2.45, 2.75) is 12.0 Å². The summed E-state index contributed by atoms with van der Waals surface area (Å²) in [6.07, 6.45) is 3.05. The van der Waals surface area contributed by atoms with Crippen molar-refractivity contribution in [2.24, 2.45) is 5.41 Å². The second kappa shape index (κ2) is 6.70. The minimum atomic E-state index is -2.17. The number of carbonyl (C=O) groups excluding carboxylic acids is 3. The van der Waals surface area contributed by atoms with Gasteiger partial charge in [-0.2, -0.15) is 4.57 Å². The number of barbiturate groups is 1. The molecule has 2 aliphatic heterocycles. The Balaban J connectivity index is 1.92. The number of aromatic nitrogens is 4. The van der Waals surface area contributed by atoms with E-state index < -0.39 is 57.9 Å². The highest BCUT2D eigenvalue weighted by molar-refractivity contribution is 6.20. The van der Waals surface area contributed by atoms with Crippen molar-refractivity contribution < 1.29 is 24.1 Å². The molecule has 3 aromatic heterocycles. The molecule has 1 saturated heterocycles. The molecule has 0 aliphatic carbocycles. The molecule has 4 N–H and O–H groups in total. The van der Waals surface area contributed by atoms with E-state index in [0.717, 1.165) is 0 Å². The molecule has 5 heterocycles. The molecular weight excluding hydrogens is 420 g/mol. The van der Waals surface area contributed by atoms with Gasteiger partial charge in [-0.15, -0.1) is 0 Å². The van der Waals surface area contributed by atoms with Crippen LogP contribution in [0.5, 0.6) is 5.88 Å². The number of urea groups is 1. The first-order valence-electron chi connectivity index (χ1n) is 9.47. The number of pyridine rings is 2. The van der Waals surface area contributed by atoms with Crippen molar-refractivity contribution in [3.8, 4) is 5.88 Å². The van der Waals surface area contributed by atoms with Gasteiger partial charge in [-0.25, -0.2) is 9.59 Å². The van der Waals surface area contributed by atoms with Crippen LogP contribution in [-0.4, -0.2) is 32.8 Å². The number of hydrogen-bond acceptors (Lipinski definition) is 7. The molecule has 2 atom stereocenters. The number of carbonyl (C=O) groups is 3. The van der Waals surface area contributed by atoms with Crippen molar-refractivity contribution in [3.05, 3.63) is 86.6 Å². The lowest BCUT2D eigenvalue weighted by Gasteiger charge is -2.35. The summed E-state index contributed by atoms with van der Waals surface area (Å²) >= 11 is 0. The molecule has 12 heteroatoms. The van der Waals surface area contributed by atoms with Crippen LogP contribution in [0.2, 0.25) is 0 Å². The third-order valence-electron chi connectivity index (χ3n) is 5.79. The monoisotopic (exact) mass is 434 g/mol. The third kappa shape index (κ3) is 2.46. The van der Waals surface area contributed by atoms with Crippen molar-refractivity contribution in [3.63, 3.8) is 0 Å². The predicted octanol–water partition coefficient (Wildman–Crippen LogP) is -2.09. The summed E-state index contributed by atoms with van der Waals surface area (Å²) < 4.78 is 1.56. The van der Waals surface area contributed by atoms with Gasteiger partial charge in [-0.3, -0.25) is 35.0 Å². The lowest BCUT2D eigenvalue weighted by molar-refractivity contribution is -0.713. The summed E-state index contributed by atoms with van der Waals surface area (Å²) in [5.41, 5.74) is -4.18. The molecule has 1 fully saturated rings. The molecular formula is C20H14N6O6. The fraction of sp³-hybridized carbons (Fsp3) is 0.150. The van der Waals surface area contributed by atoms with Crippen LogP contribution in [0.25, 0.3) is 0 Å². The fourth-order valence-corrected chi connectivity index (χ4v) is 4.64. The molecule has 32 heavy (non-hydrogen) atoms. The molecule has 160 valence electrons. The van der Waals surface area contributed by atoms with Gasteiger partial charge in [0.15, 0.2) is 11.9 Å². The van der Waals surface area contributed by atoms with Gasteiger partial charge in [0.25, 0.3) is 17.4 Å². The first-order chi connectivity index (χ1) is 15.4. The molecule has 1 spiro atoms. The second-order valence-corrected chi connectivity index (χ2v) is 7.38. The van der Waals surface area contributed by atoms with Gasteiger partial charge in [-0.05, 0) is 18.0 Å². The Morgan fingerprint density at radius 2 is 1.66 bits per heavy atom. The zero-order chi connectivity index (χ0) is 22.6. The predicted molar refractivity (Wildman–Crippen MR) is 102 cm³/mol. The smallest absolute Gasteiger partial charge is 0.328 e. The Morgan fingerprint density at radius 1 is 0.938 bits per heavy atom.